The number of hydrazine groups is 1. The van der Waals surface area contributed by atoms with Gasteiger partial charge in [0.1, 0.15) is 0 Å². The quantitative estimate of drug-likeness (QED) is 0.467. The maximum absolute atomic E-state index is 12.0. The molecule has 7 nitrogen and oxygen atoms in total. The van der Waals surface area contributed by atoms with Crippen LogP contribution in [0.5, 0.6) is 0 Å². The van der Waals surface area contributed by atoms with Crippen molar-refractivity contribution in [2.24, 2.45) is 5.84 Å². The minimum Gasteiger partial charge on any atom is -0.391 e. The van der Waals surface area contributed by atoms with Crippen LogP contribution in [0.4, 0.5) is 5.82 Å². The van der Waals surface area contributed by atoms with Gasteiger partial charge < -0.3 is 15.4 Å². The van der Waals surface area contributed by atoms with Gasteiger partial charge in [0.15, 0.2) is 11.5 Å². The molecule has 1 atom stereocenters. The van der Waals surface area contributed by atoms with E-state index < -0.39 is 6.10 Å². The number of amides is 1. The van der Waals surface area contributed by atoms with Gasteiger partial charge >= 0.3 is 0 Å². The molecule has 7 heteroatoms. The molecule has 1 aliphatic rings. The third-order valence-corrected chi connectivity index (χ3v) is 2.72. The fourth-order valence-corrected chi connectivity index (χ4v) is 1.82. The normalized spacial score (nSPS) is 20.1. The smallest absolute Gasteiger partial charge is 0.274 e. The second-order valence-electron chi connectivity index (χ2n) is 4.00. The van der Waals surface area contributed by atoms with E-state index in [0.717, 1.165) is 12.8 Å². The summed E-state index contributed by atoms with van der Waals surface area (Å²) in [6.45, 7) is 1.01. The average Bonchev–Trinajstić information content (AvgIpc) is 2.38. The number of carbonyl (C=O) groups excluding carboxylic acids is 1. The van der Waals surface area contributed by atoms with Crippen molar-refractivity contribution in [3.8, 4) is 0 Å². The Kier molecular flexibility index (Phi) is 3.50. The van der Waals surface area contributed by atoms with Crippen molar-refractivity contribution in [3.63, 3.8) is 0 Å². The van der Waals surface area contributed by atoms with Gasteiger partial charge in [-0.15, -0.1) is 10.2 Å². The van der Waals surface area contributed by atoms with Crippen molar-refractivity contribution < 1.29 is 9.90 Å². The average molecular weight is 237 g/mol. The summed E-state index contributed by atoms with van der Waals surface area (Å²) in [6.07, 6.45) is 1.11. The van der Waals surface area contributed by atoms with Crippen LogP contribution in [0.1, 0.15) is 23.3 Å². The van der Waals surface area contributed by atoms with Gasteiger partial charge in [-0.3, -0.25) is 4.79 Å². The van der Waals surface area contributed by atoms with E-state index >= 15 is 0 Å². The van der Waals surface area contributed by atoms with Gasteiger partial charge in [0, 0.05) is 13.1 Å². The van der Waals surface area contributed by atoms with Crippen molar-refractivity contribution in [1.29, 1.82) is 0 Å². The Balaban J connectivity index is 2.07. The highest BCUT2D eigenvalue weighted by molar-refractivity contribution is 5.92. The van der Waals surface area contributed by atoms with Gasteiger partial charge in [-0.1, -0.05) is 0 Å². The number of aliphatic hydroxyl groups excluding tert-OH is 1. The lowest BCUT2D eigenvalue weighted by Gasteiger charge is -2.29. The molecule has 2 rings (SSSR count). The van der Waals surface area contributed by atoms with E-state index in [9.17, 15) is 9.90 Å². The zero-order chi connectivity index (χ0) is 12.3. The number of rotatable bonds is 2. The molecule has 1 aliphatic heterocycles. The monoisotopic (exact) mass is 237 g/mol. The number of nitrogen functional groups attached to an aromatic ring is 1. The summed E-state index contributed by atoms with van der Waals surface area (Å²) in [4.78, 5) is 13.6. The van der Waals surface area contributed by atoms with Gasteiger partial charge in [0.05, 0.1) is 6.10 Å². The van der Waals surface area contributed by atoms with Gasteiger partial charge in [-0.05, 0) is 25.0 Å². The lowest BCUT2D eigenvalue weighted by atomic mass is 10.1. The molecule has 2 heterocycles. The third-order valence-electron chi connectivity index (χ3n) is 2.72. The first-order chi connectivity index (χ1) is 8.20. The number of hydrogen-bond donors (Lipinski definition) is 3. The summed E-state index contributed by atoms with van der Waals surface area (Å²) in [6, 6.07) is 3.14. The molecule has 1 fully saturated rings. The second-order valence-corrected chi connectivity index (χ2v) is 4.00. The van der Waals surface area contributed by atoms with Crippen LogP contribution in [-0.4, -0.2) is 45.3 Å². The zero-order valence-corrected chi connectivity index (χ0v) is 9.33. The first-order valence-electron chi connectivity index (χ1n) is 5.48. The maximum Gasteiger partial charge on any atom is 0.274 e. The Bertz CT molecular complexity index is 394. The molecule has 0 aliphatic carbocycles. The Hall–Kier alpha value is -1.73. The van der Waals surface area contributed by atoms with Crippen LogP contribution in [-0.2, 0) is 0 Å². The van der Waals surface area contributed by atoms with E-state index in [2.05, 4.69) is 15.6 Å². The molecule has 1 aromatic rings. The Morgan fingerprint density at radius 3 is 2.94 bits per heavy atom. The lowest BCUT2D eigenvalue weighted by Crippen LogP contribution is -2.42. The molecule has 0 radical (unpaired) electrons. The number of aliphatic hydroxyl groups is 1. The molecule has 1 aromatic heterocycles. The number of nitrogens with one attached hydrogen (secondary N) is 1. The van der Waals surface area contributed by atoms with Crippen LogP contribution in [0.25, 0.3) is 0 Å². The van der Waals surface area contributed by atoms with Crippen LogP contribution >= 0.6 is 0 Å². The highest BCUT2D eigenvalue weighted by Crippen LogP contribution is 2.12. The molecular weight excluding hydrogens is 222 g/mol. The SMILES string of the molecule is NNc1ccc(C(=O)N2CCCC(O)C2)nn1. The second kappa shape index (κ2) is 5.07. The van der Waals surface area contributed by atoms with E-state index in [1.54, 1.807) is 17.0 Å². The summed E-state index contributed by atoms with van der Waals surface area (Å²) in [5.41, 5.74) is 2.60. The van der Waals surface area contributed by atoms with Gasteiger partial charge in [0.2, 0.25) is 0 Å². The van der Waals surface area contributed by atoms with E-state index in [1.807, 2.05) is 0 Å². The molecule has 0 spiro atoms. The number of aromatic nitrogens is 2. The molecule has 4 N–H and O–H groups in total. The minimum absolute atomic E-state index is 0.208. The van der Waals surface area contributed by atoms with Crippen molar-refractivity contribution in [3.05, 3.63) is 17.8 Å². The fraction of sp³-hybridized carbons (Fsp3) is 0.500. The largest absolute Gasteiger partial charge is 0.391 e. The van der Waals surface area contributed by atoms with Crippen LogP contribution in [0.15, 0.2) is 12.1 Å². The number of nitrogens with two attached hydrogens (primary N) is 1. The number of β-amino-alcohol motifs (C(OH)–C–C–N with tert-alkyl or cyclic N) is 1. The van der Waals surface area contributed by atoms with Crippen molar-refractivity contribution >= 4 is 11.7 Å². The van der Waals surface area contributed by atoms with Gasteiger partial charge in [-0.25, -0.2) is 5.84 Å². The standard InChI is InChI=1S/C10H15N5O2/c11-12-9-4-3-8(13-14-9)10(17)15-5-1-2-7(16)6-15/h3-4,7,16H,1-2,5-6,11H2,(H,12,14). The Morgan fingerprint density at radius 1 is 1.53 bits per heavy atom. The number of likely N-dealkylation sites (tertiary alicyclic amines) is 1. The zero-order valence-electron chi connectivity index (χ0n) is 9.33. The van der Waals surface area contributed by atoms with E-state index in [4.69, 9.17) is 5.84 Å². The number of hydrogen-bond acceptors (Lipinski definition) is 6. The van der Waals surface area contributed by atoms with Gasteiger partial charge in [-0.2, -0.15) is 0 Å². The summed E-state index contributed by atoms with van der Waals surface area (Å²) in [7, 11) is 0. The van der Waals surface area contributed by atoms with Crippen LogP contribution in [0.3, 0.4) is 0 Å². The van der Waals surface area contributed by atoms with Crippen LogP contribution < -0.4 is 11.3 Å². The van der Waals surface area contributed by atoms with Crippen molar-refractivity contribution in [2.75, 3.05) is 18.5 Å². The van der Waals surface area contributed by atoms with E-state index in [-0.39, 0.29) is 11.6 Å². The first kappa shape index (κ1) is 11.7. The summed E-state index contributed by atoms with van der Waals surface area (Å²) < 4.78 is 0. The summed E-state index contributed by atoms with van der Waals surface area (Å²) in [5, 5.41) is 17.0. The fourth-order valence-electron chi connectivity index (χ4n) is 1.82. The molecule has 0 saturated carbocycles. The van der Waals surface area contributed by atoms with Crippen molar-refractivity contribution in [1.82, 2.24) is 15.1 Å². The highest BCUT2D eigenvalue weighted by atomic mass is 16.3. The molecule has 17 heavy (non-hydrogen) atoms. The van der Waals surface area contributed by atoms with E-state index in [0.29, 0.717) is 18.9 Å². The molecule has 1 unspecified atom stereocenters. The Morgan fingerprint density at radius 2 is 2.35 bits per heavy atom. The third kappa shape index (κ3) is 2.69. The van der Waals surface area contributed by atoms with Crippen LogP contribution in [0, 0.1) is 0 Å². The molecule has 1 saturated heterocycles. The number of piperidine rings is 1. The van der Waals surface area contributed by atoms with Crippen LogP contribution in [0.2, 0.25) is 0 Å². The predicted octanol–water partition coefficient (Wildman–Crippen LogP) is -0.641. The van der Waals surface area contributed by atoms with Gasteiger partial charge in [0.25, 0.3) is 5.91 Å². The minimum atomic E-state index is -0.439. The topological polar surface area (TPSA) is 104 Å². The number of carbonyl (C=O) groups is 1. The summed E-state index contributed by atoms with van der Waals surface area (Å²) in [5.74, 6) is 5.35. The lowest BCUT2D eigenvalue weighted by molar-refractivity contribution is 0.0468. The van der Waals surface area contributed by atoms with E-state index in [1.165, 1.54) is 0 Å². The number of anilines is 1. The maximum atomic E-state index is 12.0. The summed E-state index contributed by atoms with van der Waals surface area (Å²) >= 11 is 0. The molecule has 92 valence electrons. The molecular formula is C10H15N5O2. The predicted molar refractivity (Wildman–Crippen MR) is 61.0 cm³/mol. The highest BCUT2D eigenvalue weighted by Gasteiger charge is 2.23. The molecule has 0 aromatic carbocycles. The molecule has 0 bridgehead atoms. The first-order valence-corrected chi connectivity index (χ1v) is 5.48. The Labute approximate surface area is 98.6 Å². The number of nitrogens with zero attached hydrogens (tertiary/aromatic N) is 3. The van der Waals surface area contributed by atoms with Crippen molar-refractivity contribution in [2.45, 2.75) is 18.9 Å². The molecule has 1 amide bonds.